The summed E-state index contributed by atoms with van der Waals surface area (Å²) in [5.41, 5.74) is 1.91. The van der Waals surface area contributed by atoms with Crippen molar-refractivity contribution in [2.45, 2.75) is 46.5 Å². The van der Waals surface area contributed by atoms with Crippen molar-refractivity contribution in [2.75, 3.05) is 6.61 Å². The molecule has 0 spiro atoms. The average Bonchev–Trinajstić information content (AvgIpc) is 2.84. The van der Waals surface area contributed by atoms with Gasteiger partial charge in [-0.1, -0.05) is 25.5 Å². The van der Waals surface area contributed by atoms with Gasteiger partial charge in [-0.3, -0.25) is 4.79 Å². The Morgan fingerprint density at radius 1 is 1.52 bits per heavy atom. The van der Waals surface area contributed by atoms with Crippen LogP contribution < -0.4 is 0 Å². The van der Waals surface area contributed by atoms with Crippen molar-refractivity contribution >= 4 is 5.97 Å². The van der Waals surface area contributed by atoms with E-state index in [0.717, 1.165) is 12.3 Å². The summed E-state index contributed by atoms with van der Waals surface area (Å²) in [5.74, 6) is 2.44. The molecule has 0 saturated heterocycles. The Bertz CT molecular complexity index is 570. The summed E-state index contributed by atoms with van der Waals surface area (Å²) in [6, 6.07) is 0. The van der Waals surface area contributed by atoms with Crippen LogP contribution in [0.25, 0.3) is 0 Å². The molecular formula is C17H23NO3. The molecule has 1 saturated carbocycles. The maximum absolute atomic E-state index is 11.8. The van der Waals surface area contributed by atoms with Crippen molar-refractivity contribution in [1.82, 2.24) is 4.98 Å². The van der Waals surface area contributed by atoms with Gasteiger partial charge in [0.1, 0.15) is 12.2 Å². The summed E-state index contributed by atoms with van der Waals surface area (Å²) >= 11 is 0. The van der Waals surface area contributed by atoms with Gasteiger partial charge in [0, 0.05) is 13.3 Å². The Morgan fingerprint density at radius 3 is 2.95 bits per heavy atom. The van der Waals surface area contributed by atoms with Gasteiger partial charge in [0.25, 0.3) is 0 Å². The molecule has 0 N–H and O–H groups in total. The highest BCUT2D eigenvalue weighted by molar-refractivity contribution is 5.71. The number of aryl methyl sites for hydroxylation is 1. The molecule has 2 atom stereocenters. The zero-order valence-electron chi connectivity index (χ0n) is 13.0. The number of nitrogens with zero attached hydrogens (tertiary/aromatic N) is 1. The highest BCUT2D eigenvalue weighted by Crippen LogP contribution is 2.59. The third-order valence-corrected chi connectivity index (χ3v) is 5.22. The summed E-state index contributed by atoms with van der Waals surface area (Å²) in [4.78, 5) is 15.7. The van der Waals surface area contributed by atoms with Crippen molar-refractivity contribution in [2.24, 2.45) is 17.3 Å². The van der Waals surface area contributed by atoms with Crippen LogP contribution in [0, 0.1) is 24.2 Å². The zero-order valence-corrected chi connectivity index (χ0v) is 13.0. The Kier molecular flexibility index (Phi) is 3.64. The molecule has 0 unspecified atom stereocenters. The molecule has 0 aliphatic heterocycles. The highest BCUT2D eigenvalue weighted by Gasteiger charge is 2.50. The van der Waals surface area contributed by atoms with Crippen LogP contribution in [0.2, 0.25) is 0 Å². The molecule has 1 aromatic heterocycles. The number of carbonyl (C=O) groups is 1. The maximum atomic E-state index is 11.8. The second-order valence-electron chi connectivity index (χ2n) is 6.81. The number of oxazole rings is 1. The lowest BCUT2D eigenvalue weighted by atomic mass is 9.48. The molecule has 4 rings (SSSR count). The van der Waals surface area contributed by atoms with Crippen molar-refractivity contribution in [3.05, 3.63) is 29.5 Å². The summed E-state index contributed by atoms with van der Waals surface area (Å²) in [7, 11) is 0. The van der Waals surface area contributed by atoms with E-state index in [1.807, 2.05) is 0 Å². The second kappa shape index (κ2) is 5.32. The fourth-order valence-corrected chi connectivity index (χ4v) is 3.72. The molecule has 3 aliphatic carbocycles. The molecule has 4 heteroatoms. The Hall–Kier alpha value is -1.58. The topological polar surface area (TPSA) is 52.3 Å². The van der Waals surface area contributed by atoms with Crippen LogP contribution in [0.4, 0.5) is 0 Å². The first-order valence-corrected chi connectivity index (χ1v) is 7.72. The van der Waals surface area contributed by atoms with Crippen LogP contribution in [0.1, 0.15) is 44.8 Å². The summed E-state index contributed by atoms with van der Waals surface area (Å²) in [6.07, 6.45) is 7.46. The van der Waals surface area contributed by atoms with Crippen molar-refractivity contribution < 1.29 is 13.9 Å². The first-order valence-electron chi connectivity index (χ1n) is 7.72. The van der Waals surface area contributed by atoms with Gasteiger partial charge in [0.2, 0.25) is 0 Å². The minimum absolute atomic E-state index is 0.164. The summed E-state index contributed by atoms with van der Waals surface area (Å²) in [6.45, 7) is 6.95. The molecular weight excluding hydrogens is 266 g/mol. The van der Waals surface area contributed by atoms with Gasteiger partial charge in [0.05, 0.1) is 12.8 Å². The molecule has 0 radical (unpaired) electrons. The number of allylic oxidation sites excluding steroid dienone is 1. The van der Waals surface area contributed by atoms with E-state index < -0.39 is 0 Å². The van der Waals surface area contributed by atoms with Crippen LogP contribution in [0.15, 0.2) is 22.3 Å². The standard InChI is InChI=1S/C17H23NO3/c1-11-18-10-14(21-11)9-16(19)20-7-6-12-4-5-13-8-15(12)17(13,2)3/h4,10,13,15H,5-9H2,1-3H3/t13-,15-/m0/s1. The van der Waals surface area contributed by atoms with Gasteiger partial charge in [-0.2, -0.15) is 0 Å². The fraction of sp³-hybridized carbons (Fsp3) is 0.647. The minimum atomic E-state index is -0.242. The number of rotatable bonds is 5. The van der Waals surface area contributed by atoms with E-state index in [9.17, 15) is 4.79 Å². The van der Waals surface area contributed by atoms with E-state index in [2.05, 4.69) is 24.9 Å². The molecule has 3 aliphatic rings. The molecule has 0 aromatic carbocycles. The van der Waals surface area contributed by atoms with Crippen molar-refractivity contribution in [1.29, 1.82) is 0 Å². The minimum Gasteiger partial charge on any atom is -0.465 e. The fourth-order valence-electron chi connectivity index (χ4n) is 3.72. The van der Waals surface area contributed by atoms with E-state index in [-0.39, 0.29) is 12.4 Å². The van der Waals surface area contributed by atoms with Crippen LogP contribution in [-0.4, -0.2) is 17.6 Å². The predicted octanol–water partition coefficient (Wildman–Crippen LogP) is 3.45. The monoisotopic (exact) mass is 289 g/mol. The van der Waals surface area contributed by atoms with Gasteiger partial charge < -0.3 is 9.15 Å². The molecule has 4 nitrogen and oxygen atoms in total. The first-order chi connectivity index (χ1) is 9.96. The van der Waals surface area contributed by atoms with Crippen LogP contribution in [0.3, 0.4) is 0 Å². The Balaban J connectivity index is 1.44. The first kappa shape index (κ1) is 14.4. The molecule has 1 heterocycles. The van der Waals surface area contributed by atoms with E-state index >= 15 is 0 Å². The molecule has 0 amide bonds. The number of hydrogen-bond donors (Lipinski definition) is 0. The lowest BCUT2D eigenvalue weighted by Gasteiger charge is -2.56. The number of aromatic nitrogens is 1. The Morgan fingerprint density at radius 2 is 2.33 bits per heavy atom. The molecule has 21 heavy (non-hydrogen) atoms. The molecule has 1 aromatic rings. The third-order valence-electron chi connectivity index (χ3n) is 5.22. The average molecular weight is 289 g/mol. The van der Waals surface area contributed by atoms with Gasteiger partial charge in [-0.15, -0.1) is 0 Å². The van der Waals surface area contributed by atoms with E-state index in [1.54, 1.807) is 13.1 Å². The van der Waals surface area contributed by atoms with Crippen molar-refractivity contribution in [3.63, 3.8) is 0 Å². The van der Waals surface area contributed by atoms with Gasteiger partial charge in [-0.05, 0) is 30.1 Å². The largest absolute Gasteiger partial charge is 0.465 e. The van der Waals surface area contributed by atoms with Gasteiger partial charge in [-0.25, -0.2) is 4.98 Å². The number of esters is 1. The molecule has 2 bridgehead atoms. The van der Waals surface area contributed by atoms with Crippen molar-refractivity contribution in [3.8, 4) is 0 Å². The lowest BCUT2D eigenvalue weighted by Crippen LogP contribution is -2.48. The lowest BCUT2D eigenvalue weighted by molar-refractivity contribution is -0.143. The van der Waals surface area contributed by atoms with E-state index in [1.165, 1.54) is 18.4 Å². The van der Waals surface area contributed by atoms with E-state index in [4.69, 9.17) is 9.15 Å². The Labute approximate surface area is 125 Å². The van der Waals surface area contributed by atoms with E-state index in [0.29, 0.717) is 29.6 Å². The quantitative estimate of drug-likeness (QED) is 0.615. The summed E-state index contributed by atoms with van der Waals surface area (Å²) in [5, 5.41) is 0. The maximum Gasteiger partial charge on any atom is 0.313 e. The third kappa shape index (κ3) is 2.76. The molecule has 1 fully saturated rings. The van der Waals surface area contributed by atoms with Gasteiger partial charge >= 0.3 is 5.97 Å². The highest BCUT2D eigenvalue weighted by atomic mass is 16.5. The normalized spacial score (nSPS) is 26.0. The predicted molar refractivity (Wildman–Crippen MR) is 78.6 cm³/mol. The van der Waals surface area contributed by atoms with Crippen LogP contribution >= 0.6 is 0 Å². The number of hydrogen-bond acceptors (Lipinski definition) is 4. The number of ether oxygens (including phenoxy) is 1. The van der Waals surface area contributed by atoms with Gasteiger partial charge in [0.15, 0.2) is 5.89 Å². The van der Waals surface area contributed by atoms with Crippen LogP contribution in [0.5, 0.6) is 0 Å². The second-order valence-corrected chi connectivity index (χ2v) is 6.81. The molecule has 114 valence electrons. The number of carbonyl (C=O) groups excluding carboxylic acids is 1. The summed E-state index contributed by atoms with van der Waals surface area (Å²) < 4.78 is 10.6. The van der Waals surface area contributed by atoms with Crippen LogP contribution in [-0.2, 0) is 16.0 Å². The smallest absolute Gasteiger partial charge is 0.313 e. The zero-order chi connectivity index (χ0) is 15.0. The number of fused-ring (bicyclic) bond motifs is 1. The SMILES string of the molecule is Cc1ncc(CC(=O)OCCC2=CC[C@H]3C[C@@H]2C3(C)C)o1.